The Labute approximate surface area is 225 Å². The second kappa shape index (κ2) is 12.7. The van der Waals surface area contributed by atoms with Crippen LogP contribution >= 0.6 is 58.4 Å². The van der Waals surface area contributed by atoms with Gasteiger partial charge in [0, 0.05) is 21.2 Å². The molecule has 2 heterocycles. The van der Waals surface area contributed by atoms with Gasteiger partial charge in [-0.25, -0.2) is 9.99 Å². The van der Waals surface area contributed by atoms with Gasteiger partial charge in [-0.1, -0.05) is 70.7 Å². The molecule has 1 N–H and O–H groups in total. The third kappa shape index (κ3) is 6.95. The number of hydrogen-bond donors (Lipinski definition) is 1. The smallest absolute Gasteiger partial charge is 0.267 e. The van der Waals surface area contributed by atoms with Crippen LogP contribution < -0.4 is 5.56 Å². The zero-order valence-electron chi connectivity index (χ0n) is 18.6. The molecule has 0 spiro atoms. The summed E-state index contributed by atoms with van der Waals surface area (Å²) >= 11 is 24.5. The van der Waals surface area contributed by atoms with E-state index in [1.54, 1.807) is 31.2 Å². The number of aromatic nitrogens is 4. The first kappa shape index (κ1) is 27.4. The molecule has 182 valence electrons. The fraction of sp³-hybridized carbons (Fsp3) is 0.130. The second-order valence-corrected chi connectivity index (χ2v) is 9.26. The predicted molar refractivity (Wildman–Crippen MR) is 141 cm³/mol. The van der Waals surface area contributed by atoms with Gasteiger partial charge in [0.05, 0.1) is 35.6 Å². The standard InChI is InChI=1S/C12H11ClN2O3S.C11H7Cl3N2/c1-7-10(8-3-5-9(13)6-4-8)11(19-18-17-2)12(16)15-14-7;1-6-9(10(13)11(14)16-15-6)7-2-4-8(12)5-3-7/h3-6H,1-2H3,(H,15,16);2-5H,1H3. The molecule has 7 nitrogen and oxygen atoms in total. The Morgan fingerprint density at radius 2 is 1.34 bits per heavy atom. The molecule has 2 aromatic carbocycles. The Kier molecular flexibility index (Phi) is 9.94. The first-order valence-electron chi connectivity index (χ1n) is 9.89. The largest absolute Gasteiger partial charge is 0.280 e. The van der Waals surface area contributed by atoms with Crippen molar-refractivity contribution >= 4 is 58.4 Å². The maximum Gasteiger partial charge on any atom is 0.280 e. The summed E-state index contributed by atoms with van der Waals surface area (Å²) in [7, 11) is 1.37. The van der Waals surface area contributed by atoms with Crippen molar-refractivity contribution < 1.29 is 9.22 Å². The monoisotopic (exact) mass is 570 g/mol. The molecule has 0 amide bonds. The molecule has 0 atom stereocenters. The molecule has 0 radical (unpaired) electrons. The van der Waals surface area contributed by atoms with Crippen molar-refractivity contribution in [2.45, 2.75) is 18.7 Å². The van der Waals surface area contributed by atoms with E-state index < -0.39 is 0 Å². The van der Waals surface area contributed by atoms with Gasteiger partial charge in [0.1, 0.15) is 4.90 Å². The molecular formula is C23H18Cl4N4O3S. The van der Waals surface area contributed by atoms with Crippen molar-refractivity contribution in [3.05, 3.63) is 90.5 Å². The molecule has 0 aliphatic carbocycles. The Morgan fingerprint density at radius 1 is 0.800 bits per heavy atom. The van der Waals surface area contributed by atoms with Crippen LogP contribution in [0.2, 0.25) is 20.2 Å². The quantitative estimate of drug-likeness (QED) is 0.152. The maximum absolute atomic E-state index is 11.8. The van der Waals surface area contributed by atoms with E-state index in [1.165, 1.54) is 7.11 Å². The van der Waals surface area contributed by atoms with E-state index >= 15 is 0 Å². The molecule has 0 bridgehead atoms. The molecule has 0 unspecified atom stereocenters. The zero-order chi connectivity index (χ0) is 25.5. The lowest BCUT2D eigenvalue weighted by Gasteiger charge is -2.09. The number of rotatable bonds is 5. The topological polar surface area (TPSA) is 90.0 Å². The Hall–Kier alpha value is -2.17. The van der Waals surface area contributed by atoms with Crippen molar-refractivity contribution in [3.8, 4) is 22.3 Å². The van der Waals surface area contributed by atoms with Crippen LogP contribution in [0.25, 0.3) is 22.3 Å². The minimum absolute atomic E-state index is 0.206. The fourth-order valence-electron chi connectivity index (χ4n) is 3.05. The highest BCUT2D eigenvalue weighted by atomic mass is 35.5. The summed E-state index contributed by atoms with van der Waals surface area (Å²) in [6, 6.07) is 14.5. The number of nitrogens with zero attached hydrogens (tertiary/aromatic N) is 3. The molecule has 4 aromatic rings. The van der Waals surface area contributed by atoms with Gasteiger partial charge in [0.15, 0.2) is 5.15 Å². The van der Waals surface area contributed by atoms with Crippen LogP contribution in [0, 0.1) is 13.8 Å². The van der Waals surface area contributed by atoms with Crippen LogP contribution in [0.4, 0.5) is 0 Å². The van der Waals surface area contributed by atoms with E-state index in [0.29, 0.717) is 31.2 Å². The summed E-state index contributed by atoms with van der Waals surface area (Å²) in [5.74, 6) is 0. The van der Waals surface area contributed by atoms with E-state index in [4.69, 9.17) is 50.7 Å². The van der Waals surface area contributed by atoms with Crippen LogP contribution in [0.3, 0.4) is 0 Å². The van der Waals surface area contributed by atoms with Crippen LogP contribution in [-0.4, -0.2) is 27.5 Å². The molecule has 0 saturated heterocycles. The van der Waals surface area contributed by atoms with Gasteiger partial charge in [0.25, 0.3) is 5.56 Å². The molecule has 35 heavy (non-hydrogen) atoms. The molecule has 2 aromatic heterocycles. The zero-order valence-corrected chi connectivity index (χ0v) is 22.4. The van der Waals surface area contributed by atoms with Gasteiger partial charge in [-0.05, 0) is 49.2 Å². The van der Waals surface area contributed by atoms with Crippen molar-refractivity contribution in [1.82, 2.24) is 20.4 Å². The molecule has 4 rings (SSSR count). The van der Waals surface area contributed by atoms with Crippen LogP contribution in [-0.2, 0) is 9.22 Å². The molecular weight excluding hydrogens is 554 g/mol. The summed E-state index contributed by atoms with van der Waals surface area (Å²) in [5.41, 5.74) is 4.32. The van der Waals surface area contributed by atoms with Gasteiger partial charge in [0.2, 0.25) is 0 Å². The highest BCUT2D eigenvalue weighted by Crippen LogP contribution is 2.34. The number of H-pyrrole nitrogens is 1. The number of hydrogen-bond acceptors (Lipinski definition) is 7. The van der Waals surface area contributed by atoms with Gasteiger partial charge in [-0.15, -0.1) is 5.10 Å². The lowest BCUT2D eigenvalue weighted by Crippen LogP contribution is -2.13. The van der Waals surface area contributed by atoms with Crippen molar-refractivity contribution in [3.63, 3.8) is 0 Å². The van der Waals surface area contributed by atoms with Gasteiger partial charge < -0.3 is 0 Å². The summed E-state index contributed by atoms with van der Waals surface area (Å²) in [4.78, 5) is 16.7. The summed E-state index contributed by atoms with van der Waals surface area (Å²) in [6.45, 7) is 3.63. The van der Waals surface area contributed by atoms with E-state index in [-0.39, 0.29) is 10.7 Å². The fourth-order valence-corrected chi connectivity index (χ4v) is 4.32. The first-order chi connectivity index (χ1) is 16.7. The van der Waals surface area contributed by atoms with Crippen LogP contribution in [0.15, 0.2) is 58.2 Å². The highest BCUT2D eigenvalue weighted by Gasteiger charge is 2.16. The lowest BCUT2D eigenvalue weighted by molar-refractivity contribution is -0.160. The number of aromatic amines is 1. The van der Waals surface area contributed by atoms with E-state index in [0.717, 1.165) is 34.4 Å². The lowest BCUT2D eigenvalue weighted by atomic mass is 10.1. The average molecular weight is 572 g/mol. The SMILES string of the molecule is COOSc1c(-c2ccc(Cl)cc2)c(C)n[nH]c1=O.Cc1nnc(Cl)c(Cl)c1-c1ccc(Cl)cc1. The van der Waals surface area contributed by atoms with Crippen LogP contribution in [0.5, 0.6) is 0 Å². The maximum atomic E-state index is 11.8. The summed E-state index contributed by atoms with van der Waals surface area (Å²) in [6.07, 6.45) is 0. The Balaban J connectivity index is 0.000000198. The highest BCUT2D eigenvalue weighted by molar-refractivity contribution is 7.94. The van der Waals surface area contributed by atoms with Gasteiger partial charge >= 0.3 is 0 Å². The number of halogens is 4. The molecule has 0 aliphatic heterocycles. The van der Waals surface area contributed by atoms with Gasteiger partial charge in [-0.2, -0.15) is 14.5 Å². The van der Waals surface area contributed by atoms with Crippen molar-refractivity contribution in [2.75, 3.05) is 7.11 Å². The van der Waals surface area contributed by atoms with Crippen molar-refractivity contribution in [1.29, 1.82) is 0 Å². The van der Waals surface area contributed by atoms with E-state index in [9.17, 15) is 4.79 Å². The van der Waals surface area contributed by atoms with E-state index in [2.05, 4.69) is 25.3 Å². The minimum Gasteiger partial charge on any atom is -0.267 e. The van der Waals surface area contributed by atoms with E-state index in [1.807, 2.05) is 31.2 Å². The molecule has 0 fully saturated rings. The second-order valence-electron chi connectivity index (χ2n) is 6.94. The summed E-state index contributed by atoms with van der Waals surface area (Å²) in [5, 5.41) is 16.0. The number of aryl methyl sites for hydroxylation is 2. The predicted octanol–water partition coefficient (Wildman–Crippen LogP) is 7.40. The first-order valence-corrected chi connectivity index (χ1v) is 12.1. The van der Waals surface area contributed by atoms with Gasteiger partial charge in [-0.3, -0.25) is 4.79 Å². The third-order valence-corrected chi connectivity index (χ3v) is 6.62. The molecule has 0 aliphatic rings. The minimum atomic E-state index is -0.336. The normalized spacial score (nSPS) is 10.6. The molecule has 12 heteroatoms. The summed E-state index contributed by atoms with van der Waals surface area (Å²) < 4.78 is 4.78. The van der Waals surface area contributed by atoms with Crippen molar-refractivity contribution in [2.24, 2.45) is 0 Å². The average Bonchev–Trinajstić information content (AvgIpc) is 2.84. The Morgan fingerprint density at radius 3 is 1.89 bits per heavy atom. The Bertz CT molecular complexity index is 1370. The van der Waals surface area contributed by atoms with Crippen LogP contribution in [0.1, 0.15) is 11.4 Å². The number of nitrogens with one attached hydrogen (secondary N) is 1. The molecule has 0 saturated carbocycles. The number of benzene rings is 2. The third-order valence-electron chi connectivity index (χ3n) is 4.62.